The SMILES string of the molecule is CCCC1CCC(C(=O)[C@H]2[C@H](c3ccccc3)N2S(=O)(=O)c2ccc(C)cc2)CC1. The average Bonchev–Trinajstić information content (AvgIpc) is 3.52. The maximum Gasteiger partial charge on any atom is 0.244 e. The van der Waals surface area contributed by atoms with Crippen LogP contribution >= 0.6 is 0 Å². The zero-order chi connectivity index (χ0) is 21.3. The second-order valence-electron chi connectivity index (χ2n) is 8.86. The second-order valence-corrected chi connectivity index (χ2v) is 10.7. The Morgan fingerprint density at radius 3 is 2.20 bits per heavy atom. The molecule has 4 nitrogen and oxygen atoms in total. The Morgan fingerprint density at radius 1 is 0.967 bits per heavy atom. The molecule has 1 heterocycles. The van der Waals surface area contributed by atoms with Gasteiger partial charge in [-0.15, -0.1) is 0 Å². The lowest BCUT2D eigenvalue weighted by molar-refractivity contribution is -0.124. The van der Waals surface area contributed by atoms with Gasteiger partial charge in [-0.3, -0.25) is 4.79 Å². The van der Waals surface area contributed by atoms with Crippen LogP contribution in [0.5, 0.6) is 0 Å². The van der Waals surface area contributed by atoms with Gasteiger partial charge in [0.25, 0.3) is 0 Å². The third kappa shape index (κ3) is 4.10. The number of carbonyl (C=O) groups excluding carboxylic acids is 1. The summed E-state index contributed by atoms with van der Waals surface area (Å²) in [5.41, 5.74) is 1.90. The van der Waals surface area contributed by atoms with E-state index in [4.69, 9.17) is 0 Å². The van der Waals surface area contributed by atoms with Crippen molar-refractivity contribution in [1.29, 1.82) is 0 Å². The van der Waals surface area contributed by atoms with Crippen molar-refractivity contribution in [1.82, 2.24) is 4.31 Å². The summed E-state index contributed by atoms with van der Waals surface area (Å²) in [5.74, 6) is 0.803. The normalized spacial score (nSPS) is 28.8. The lowest BCUT2D eigenvalue weighted by Gasteiger charge is -2.27. The predicted molar refractivity (Wildman–Crippen MR) is 119 cm³/mol. The van der Waals surface area contributed by atoms with Crippen molar-refractivity contribution in [2.75, 3.05) is 0 Å². The van der Waals surface area contributed by atoms with Crippen molar-refractivity contribution >= 4 is 15.8 Å². The Balaban J connectivity index is 1.59. The van der Waals surface area contributed by atoms with Crippen molar-refractivity contribution in [3.8, 4) is 0 Å². The Morgan fingerprint density at radius 2 is 1.60 bits per heavy atom. The smallest absolute Gasteiger partial charge is 0.244 e. The number of hydrogen-bond acceptors (Lipinski definition) is 3. The maximum atomic E-state index is 13.4. The van der Waals surface area contributed by atoms with E-state index in [9.17, 15) is 13.2 Å². The molecule has 0 N–H and O–H groups in total. The monoisotopic (exact) mass is 425 g/mol. The molecule has 1 saturated heterocycles. The predicted octanol–water partition coefficient (Wildman–Crippen LogP) is 5.28. The number of nitrogens with zero attached hydrogens (tertiary/aromatic N) is 1. The molecule has 30 heavy (non-hydrogen) atoms. The quantitative estimate of drug-likeness (QED) is 0.567. The van der Waals surface area contributed by atoms with Crippen LogP contribution in [0.2, 0.25) is 0 Å². The summed E-state index contributed by atoms with van der Waals surface area (Å²) in [6, 6.07) is 15.5. The molecule has 2 fully saturated rings. The number of rotatable bonds is 7. The number of hydrogen-bond donors (Lipinski definition) is 0. The number of ketones is 1. The molecule has 2 aliphatic rings. The molecule has 0 radical (unpaired) electrons. The van der Waals surface area contributed by atoms with Gasteiger partial charge in [0.15, 0.2) is 5.78 Å². The molecular weight excluding hydrogens is 394 g/mol. The molecule has 1 aliphatic heterocycles. The number of benzene rings is 2. The Kier molecular flexibility index (Phi) is 6.12. The second kappa shape index (κ2) is 8.64. The molecule has 2 aromatic rings. The minimum atomic E-state index is -3.72. The first kappa shape index (κ1) is 21.3. The van der Waals surface area contributed by atoms with E-state index < -0.39 is 22.1 Å². The first-order chi connectivity index (χ1) is 14.4. The highest BCUT2D eigenvalue weighted by molar-refractivity contribution is 7.89. The highest BCUT2D eigenvalue weighted by Crippen LogP contribution is 2.50. The molecule has 3 atom stereocenters. The van der Waals surface area contributed by atoms with E-state index in [-0.39, 0.29) is 16.6 Å². The van der Waals surface area contributed by atoms with Crippen LogP contribution in [0.1, 0.15) is 62.6 Å². The van der Waals surface area contributed by atoms with Crippen LogP contribution in [0.25, 0.3) is 0 Å². The first-order valence-corrected chi connectivity index (χ1v) is 12.6. The zero-order valence-corrected chi connectivity index (χ0v) is 18.6. The van der Waals surface area contributed by atoms with Crippen molar-refractivity contribution in [2.24, 2.45) is 11.8 Å². The summed E-state index contributed by atoms with van der Waals surface area (Å²) in [7, 11) is -3.72. The number of Topliss-reactive ketones (excluding diaryl/α,β-unsaturated/α-hetero) is 1. The lowest BCUT2D eigenvalue weighted by atomic mass is 9.77. The molecule has 0 amide bonds. The van der Waals surface area contributed by atoms with Gasteiger partial charge in [-0.05, 0) is 56.2 Å². The minimum Gasteiger partial charge on any atom is -0.297 e. The molecule has 1 aliphatic carbocycles. The van der Waals surface area contributed by atoms with Crippen molar-refractivity contribution in [2.45, 2.75) is 69.4 Å². The maximum absolute atomic E-state index is 13.4. The van der Waals surface area contributed by atoms with Crippen LogP contribution in [0.3, 0.4) is 0 Å². The summed E-state index contributed by atoms with van der Waals surface area (Å²) in [5, 5.41) is 0. The van der Waals surface area contributed by atoms with Gasteiger partial charge in [-0.25, -0.2) is 8.42 Å². The highest BCUT2D eigenvalue weighted by Gasteiger charge is 2.60. The van der Waals surface area contributed by atoms with E-state index in [2.05, 4.69) is 6.92 Å². The molecular formula is C25H31NO3S. The fraction of sp³-hybridized carbons (Fsp3) is 0.480. The van der Waals surface area contributed by atoms with Gasteiger partial charge in [0.2, 0.25) is 10.0 Å². The molecule has 0 spiro atoms. The minimum absolute atomic E-state index is 0.0208. The van der Waals surface area contributed by atoms with Crippen molar-refractivity contribution in [3.05, 3.63) is 65.7 Å². The number of carbonyl (C=O) groups is 1. The van der Waals surface area contributed by atoms with Crippen LogP contribution in [-0.2, 0) is 14.8 Å². The fourth-order valence-electron chi connectivity index (χ4n) is 4.99. The van der Waals surface area contributed by atoms with Crippen LogP contribution in [0.15, 0.2) is 59.5 Å². The molecule has 0 bridgehead atoms. The molecule has 1 unspecified atom stereocenters. The van der Waals surface area contributed by atoms with Crippen molar-refractivity contribution < 1.29 is 13.2 Å². The molecule has 1 saturated carbocycles. The van der Waals surface area contributed by atoms with Crippen LogP contribution in [0.4, 0.5) is 0 Å². The lowest BCUT2D eigenvalue weighted by Crippen LogP contribution is -2.28. The van der Waals surface area contributed by atoms with E-state index in [0.29, 0.717) is 0 Å². The number of aryl methyl sites for hydroxylation is 1. The topological polar surface area (TPSA) is 54.2 Å². The summed E-state index contributed by atoms with van der Waals surface area (Å²) >= 11 is 0. The molecule has 160 valence electrons. The number of sulfonamides is 1. The van der Waals surface area contributed by atoms with Crippen molar-refractivity contribution in [3.63, 3.8) is 0 Å². The highest BCUT2D eigenvalue weighted by atomic mass is 32.2. The molecule has 4 rings (SSSR count). The Hall–Kier alpha value is -1.98. The fourth-order valence-corrected chi connectivity index (χ4v) is 6.71. The van der Waals surface area contributed by atoms with E-state index in [1.807, 2.05) is 37.3 Å². The van der Waals surface area contributed by atoms with Gasteiger partial charge in [0, 0.05) is 5.92 Å². The summed E-state index contributed by atoms with van der Waals surface area (Å²) in [4.78, 5) is 13.7. The van der Waals surface area contributed by atoms with E-state index >= 15 is 0 Å². The van der Waals surface area contributed by atoms with Gasteiger partial charge in [-0.2, -0.15) is 4.31 Å². The summed E-state index contributed by atoms with van der Waals surface area (Å²) in [6.45, 7) is 4.14. The third-order valence-electron chi connectivity index (χ3n) is 6.73. The zero-order valence-electron chi connectivity index (χ0n) is 17.8. The van der Waals surface area contributed by atoms with E-state index in [1.165, 1.54) is 17.1 Å². The van der Waals surface area contributed by atoms with Gasteiger partial charge in [-0.1, -0.05) is 67.8 Å². The standard InChI is InChI=1S/C25H31NO3S/c1-3-7-19-12-14-21(15-13-19)25(27)24-23(20-8-5-4-6-9-20)26(24)30(28,29)22-16-10-18(2)11-17-22/h4-6,8-11,16-17,19,21,23-24H,3,7,12-15H2,1-2H3/t19?,21?,23-,24+,26?/m0/s1. The molecule has 5 heteroatoms. The summed E-state index contributed by atoms with van der Waals surface area (Å²) in [6.07, 6.45) is 6.35. The van der Waals surface area contributed by atoms with Crippen LogP contribution in [-0.4, -0.2) is 24.5 Å². The summed E-state index contributed by atoms with van der Waals surface area (Å²) < 4.78 is 28.2. The van der Waals surface area contributed by atoms with Gasteiger partial charge in [0.05, 0.1) is 10.9 Å². The third-order valence-corrected chi connectivity index (χ3v) is 8.61. The van der Waals surface area contributed by atoms with Crippen LogP contribution in [0, 0.1) is 18.8 Å². The van der Waals surface area contributed by atoms with E-state index in [0.717, 1.165) is 42.7 Å². The first-order valence-electron chi connectivity index (χ1n) is 11.1. The molecule has 2 aromatic carbocycles. The molecule has 0 aromatic heterocycles. The van der Waals surface area contributed by atoms with Gasteiger partial charge < -0.3 is 0 Å². The van der Waals surface area contributed by atoms with Crippen LogP contribution < -0.4 is 0 Å². The van der Waals surface area contributed by atoms with Gasteiger partial charge in [0.1, 0.15) is 6.04 Å². The Labute approximate surface area is 180 Å². The van der Waals surface area contributed by atoms with Gasteiger partial charge >= 0.3 is 0 Å². The largest absolute Gasteiger partial charge is 0.297 e. The Bertz CT molecular complexity index is 977. The average molecular weight is 426 g/mol. The van der Waals surface area contributed by atoms with E-state index in [1.54, 1.807) is 24.3 Å².